The molecule has 0 saturated carbocycles. The minimum atomic E-state index is 0.713. The lowest BCUT2D eigenvalue weighted by Gasteiger charge is -2.13. The van der Waals surface area contributed by atoms with Gasteiger partial charge in [-0.3, -0.25) is 0 Å². The Morgan fingerprint density at radius 1 is 0.468 bits per heavy atom. The molecule has 218 valence electrons. The van der Waals surface area contributed by atoms with Gasteiger partial charge in [-0.15, -0.1) is 11.3 Å². The Labute approximate surface area is 274 Å². The van der Waals surface area contributed by atoms with E-state index in [1.807, 2.05) is 12.1 Å². The molecule has 0 saturated heterocycles. The summed E-state index contributed by atoms with van der Waals surface area (Å²) >= 11 is 1.71. The number of para-hydroxylation sites is 3. The lowest BCUT2D eigenvalue weighted by atomic mass is 10.0. The van der Waals surface area contributed by atoms with E-state index in [-0.39, 0.29) is 0 Å². The van der Waals surface area contributed by atoms with Gasteiger partial charge < -0.3 is 9.13 Å². The highest BCUT2D eigenvalue weighted by Crippen LogP contribution is 2.45. The van der Waals surface area contributed by atoms with E-state index in [9.17, 15) is 0 Å². The van der Waals surface area contributed by atoms with Crippen LogP contribution in [-0.4, -0.2) is 9.13 Å². The van der Waals surface area contributed by atoms with Crippen LogP contribution in [0.15, 0.2) is 152 Å². The monoisotopic (exact) mass is 615 g/mol. The van der Waals surface area contributed by atoms with E-state index in [1.54, 1.807) is 11.3 Å². The zero-order chi connectivity index (χ0) is 31.1. The molecular weight excluding hydrogens is 591 g/mol. The van der Waals surface area contributed by atoms with Crippen LogP contribution < -0.4 is 0 Å². The van der Waals surface area contributed by atoms with E-state index in [2.05, 4.69) is 154 Å². The average Bonchev–Trinajstić information content (AvgIpc) is 3.79. The molecule has 0 fully saturated rings. The fourth-order valence-electron chi connectivity index (χ4n) is 7.53. The summed E-state index contributed by atoms with van der Waals surface area (Å²) in [5.41, 5.74) is 10.1. The topological polar surface area (TPSA) is 14.2 Å². The van der Waals surface area contributed by atoms with Crippen LogP contribution in [-0.2, 0) is 0 Å². The maximum absolute atomic E-state index is 7.80. The molecule has 7 aromatic carbocycles. The van der Waals surface area contributed by atoms with Crippen molar-refractivity contribution >= 4 is 80.8 Å². The van der Waals surface area contributed by atoms with Gasteiger partial charge >= 0.3 is 0 Å². The van der Waals surface area contributed by atoms with Crippen LogP contribution in [0, 0.1) is 6.57 Å². The lowest BCUT2D eigenvalue weighted by molar-refractivity contribution is 1.18. The van der Waals surface area contributed by atoms with E-state index in [1.165, 1.54) is 59.3 Å². The second-order valence-corrected chi connectivity index (χ2v) is 13.1. The molecule has 0 radical (unpaired) electrons. The van der Waals surface area contributed by atoms with Crippen molar-refractivity contribution in [2.24, 2.45) is 0 Å². The predicted molar refractivity (Wildman–Crippen MR) is 200 cm³/mol. The van der Waals surface area contributed by atoms with Gasteiger partial charge in [0.15, 0.2) is 0 Å². The molecule has 0 bridgehead atoms. The number of fused-ring (bicyclic) bond motifs is 10. The van der Waals surface area contributed by atoms with Crippen LogP contribution in [0.4, 0.5) is 5.69 Å². The minimum absolute atomic E-state index is 0.713. The molecule has 3 nitrogen and oxygen atoms in total. The molecule has 10 rings (SSSR count). The first-order valence-corrected chi connectivity index (χ1v) is 16.5. The van der Waals surface area contributed by atoms with Gasteiger partial charge in [0.05, 0.1) is 28.6 Å². The van der Waals surface area contributed by atoms with Crippen molar-refractivity contribution in [3.63, 3.8) is 0 Å². The van der Waals surface area contributed by atoms with Crippen molar-refractivity contribution < 1.29 is 0 Å². The molecule has 0 atom stereocenters. The maximum atomic E-state index is 7.80. The summed E-state index contributed by atoms with van der Waals surface area (Å²) < 4.78 is 7.05. The van der Waals surface area contributed by atoms with Crippen molar-refractivity contribution in [3.05, 3.63) is 163 Å². The third-order valence-electron chi connectivity index (χ3n) is 9.52. The summed E-state index contributed by atoms with van der Waals surface area (Å²) in [6, 6.07) is 54.4. The number of benzene rings is 7. The summed E-state index contributed by atoms with van der Waals surface area (Å²) in [6.07, 6.45) is 0. The van der Waals surface area contributed by atoms with Gasteiger partial charge in [0.25, 0.3) is 0 Å². The first kappa shape index (κ1) is 26.1. The van der Waals surface area contributed by atoms with E-state index in [0.717, 1.165) is 27.0 Å². The molecule has 3 heterocycles. The fourth-order valence-corrected chi connectivity index (χ4v) is 8.69. The highest BCUT2D eigenvalue weighted by Gasteiger charge is 2.19. The Hall–Kier alpha value is -6.15. The predicted octanol–water partition coefficient (Wildman–Crippen LogP) is 12.5. The molecule has 0 unspecified atom stereocenters. The van der Waals surface area contributed by atoms with Gasteiger partial charge in [-0.25, -0.2) is 4.85 Å². The van der Waals surface area contributed by atoms with Crippen molar-refractivity contribution in [2.45, 2.75) is 0 Å². The molecule has 0 spiro atoms. The number of aromatic nitrogens is 2. The Balaban J connectivity index is 1.21. The Kier molecular flexibility index (Phi) is 5.51. The zero-order valence-corrected chi connectivity index (χ0v) is 26.0. The van der Waals surface area contributed by atoms with Crippen molar-refractivity contribution in [2.75, 3.05) is 0 Å². The average molecular weight is 616 g/mol. The number of thiophene rings is 1. The number of rotatable bonds is 3. The molecule has 4 heteroatoms. The standard InChI is InChI=1S/C43H25N3S/c1-44-36-19-10-18-35-41-40(47-43(35)36)24-23-34-33-17-4-7-22-39(33)46(42(34)41)30-14-9-12-28(26-30)27-11-8-13-29(25-27)45-37-20-5-2-15-31(37)32-16-3-6-21-38(32)45/h2-26H. The van der Waals surface area contributed by atoms with Crippen LogP contribution in [0.25, 0.3) is 91.1 Å². The smallest absolute Gasteiger partial charge is 0.204 e. The van der Waals surface area contributed by atoms with E-state index in [0.29, 0.717) is 5.69 Å². The molecule has 3 aromatic heterocycles. The van der Waals surface area contributed by atoms with Gasteiger partial charge in [0, 0.05) is 47.7 Å². The van der Waals surface area contributed by atoms with Crippen molar-refractivity contribution in [1.82, 2.24) is 9.13 Å². The van der Waals surface area contributed by atoms with Crippen molar-refractivity contribution in [1.29, 1.82) is 0 Å². The number of nitrogens with zero attached hydrogens (tertiary/aromatic N) is 3. The molecule has 0 aliphatic rings. The SMILES string of the molecule is [C-]#[N+]c1cccc2c1sc1ccc3c4ccccc4n(-c4cccc(-c5cccc(-n6c7ccccc7c7ccccc76)c5)c4)c3c12. The van der Waals surface area contributed by atoms with Gasteiger partial charge in [0.1, 0.15) is 0 Å². The fraction of sp³-hybridized carbons (Fsp3) is 0. The van der Waals surface area contributed by atoms with Gasteiger partial charge in [-0.2, -0.15) is 0 Å². The third-order valence-corrected chi connectivity index (χ3v) is 10.7. The highest BCUT2D eigenvalue weighted by atomic mass is 32.1. The first-order chi connectivity index (χ1) is 23.3. The van der Waals surface area contributed by atoms with Gasteiger partial charge in [-0.05, 0) is 65.0 Å². The normalized spacial score (nSPS) is 11.8. The quantitative estimate of drug-likeness (QED) is 0.176. The minimum Gasteiger partial charge on any atom is -0.309 e. The Morgan fingerprint density at radius 2 is 1.00 bits per heavy atom. The van der Waals surface area contributed by atoms with Gasteiger partial charge in [-0.1, -0.05) is 103 Å². The second-order valence-electron chi connectivity index (χ2n) is 12.0. The molecule has 0 aliphatic carbocycles. The Bertz CT molecular complexity index is 2880. The van der Waals surface area contributed by atoms with E-state index >= 15 is 0 Å². The van der Waals surface area contributed by atoms with Crippen LogP contribution in [0.1, 0.15) is 0 Å². The molecule has 0 N–H and O–H groups in total. The van der Waals surface area contributed by atoms with Crippen LogP contribution in [0.2, 0.25) is 0 Å². The Morgan fingerprint density at radius 3 is 1.64 bits per heavy atom. The summed E-state index contributed by atoms with van der Waals surface area (Å²) in [4.78, 5) is 3.85. The van der Waals surface area contributed by atoms with Crippen molar-refractivity contribution in [3.8, 4) is 22.5 Å². The van der Waals surface area contributed by atoms with Crippen LogP contribution in [0.5, 0.6) is 0 Å². The van der Waals surface area contributed by atoms with Crippen LogP contribution >= 0.6 is 11.3 Å². The molecule has 47 heavy (non-hydrogen) atoms. The lowest BCUT2D eigenvalue weighted by Crippen LogP contribution is -1.96. The summed E-state index contributed by atoms with van der Waals surface area (Å²) in [5.74, 6) is 0. The first-order valence-electron chi connectivity index (χ1n) is 15.7. The van der Waals surface area contributed by atoms with Gasteiger partial charge in [0.2, 0.25) is 5.69 Å². The number of hydrogen-bond acceptors (Lipinski definition) is 1. The summed E-state index contributed by atoms with van der Waals surface area (Å²) in [5, 5.41) is 7.32. The molecule has 0 aliphatic heterocycles. The highest BCUT2D eigenvalue weighted by molar-refractivity contribution is 7.26. The van der Waals surface area contributed by atoms with Crippen LogP contribution in [0.3, 0.4) is 0 Å². The largest absolute Gasteiger partial charge is 0.309 e. The third kappa shape index (κ3) is 3.72. The number of hydrogen-bond donors (Lipinski definition) is 0. The molecule has 10 aromatic rings. The second kappa shape index (κ2) is 9.92. The zero-order valence-electron chi connectivity index (χ0n) is 25.2. The van der Waals surface area contributed by atoms with E-state index < -0.39 is 0 Å². The maximum Gasteiger partial charge on any atom is 0.204 e. The summed E-state index contributed by atoms with van der Waals surface area (Å²) in [6.45, 7) is 7.80. The molecule has 0 amide bonds. The summed E-state index contributed by atoms with van der Waals surface area (Å²) in [7, 11) is 0. The van der Waals surface area contributed by atoms with E-state index in [4.69, 9.17) is 6.57 Å². The molecular formula is C43H25N3S.